The number of rotatable bonds is 5. The molecular formula is C20H33N3O3. The quantitative estimate of drug-likeness (QED) is 0.868. The van der Waals surface area contributed by atoms with Gasteiger partial charge in [-0.1, -0.05) is 12.8 Å². The smallest absolute Gasteiger partial charge is 0.239 e. The molecule has 1 atom stereocenters. The Morgan fingerprint density at radius 2 is 1.73 bits per heavy atom. The van der Waals surface area contributed by atoms with Crippen LogP contribution in [0.4, 0.5) is 0 Å². The van der Waals surface area contributed by atoms with Crippen molar-refractivity contribution in [1.29, 1.82) is 0 Å². The molecule has 1 amide bonds. The lowest BCUT2D eigenvalue weighted by Crippen LogP contribution is -2.48. The third-order valence-electron chi connectivity index (χ3n) is 5.70. The molecule has 2 aliphatic heterocycles. The number of hydrogen-bond donors (Lipinski definition) is 1. The van der Waals surface area contributed by atoms with Crippen LogP contribution in [0.15, 0.2) is 16.5 Å². The lowest BCUT2D eigenvalue weighted by molar-refractivity contribution is -0.136. The summed E-state index contributed by atoms with van der Waals surface area (Å²) >= 11 is 0. The number of furan rings is 1. The zero-order valence-electron chi connectivity index (χ0n) is 16.0. The van der Waals surface area contributed by atoms with Gasteiger partial charge in [-0.3, -0.25) is 14.6 Å². The van der Waals surface area contributed by atoms with Crippen molar-refractivity contribution in [1.82, 2.24) is 14.7 Å². The molecule has 2 saturated heterocycles. The third kappa shape index (κ3) is 5.09. The predicted octanol–water partition coefficient (Wildman–Crippen LogP) is 2.07. The fourth-order valence-electron chi connectivity index (χ4n) is 4.06. The average molecular weight is 364 g/mol. The average Bonchev–Trinajstić information content (AvgIpc) is 2.84. The number of carbonyl (C=O) groups excluding carboxylic acids is 1. The molecule has 1 aromatic heterocycles. The van der Waals surface area contributed by atoms with E-state index < -0.39 is 0 Å². The van der Waals surface area contributed by atoms with Crippen molar-refractivity contribution in [3.8, 4) is 0 Å². The molecule has 26 heavy (non-hydrogen) atoms. The summed E-state index contributed by atoms with van der Waals surface area (Å²) in [6.07, 6.45) is 6.00. The van der Waals surface area contributed by atoms with Crippen molar-refractivity contribution in [2.45, 2.75) is 58.2 Å². The number of aliphatic hydroxyl groups is 1. The van der Waals surface area contributed by atoms with E-state index in [1.165, 1.54) is 25.7 Å². The van der Waals surface area contributed by atoms with Gasteiger partial charge in [-0.2, -0.15) is 0 Å². The van der Waals surface area contributed by atoms with Gasteiger partial charge in [0.2, 0.25) is 5.91 Å². The third-order valence-corrected chi connectivity index (χ3v) is 5.70. The summed E-state index contributed by atoms with van der Waals surface area (Å²) in [6, 6.07) is 3.75. The number of hydrogen-bond acceptors (Lipinski definition) is 5. The predicted molar refractivity (Wildman–Crippen MR) is 101 cm³/mol. The Morgan fingerprint density at radius 1 is 1.00 bits per heavy atom. The van der Waals surface area contributed by atoms with Gasteiger partial charge < -0.3 is 14.4 Å². The summed E-state index contributed by atoms with van der Waals surface area (Å²) in [6.45, 7) is 8.33. The number of nitrogens with zero attached hydrogens (tertiary/aromatic N) is 3. The van der Waals surface area contributed by atoms with Crippen LogP contribution in [-0.2, 0) is 17.9 Å². The second kappa shape index (κ2) is 9.53. The molecule has 0 aliphatic carbocycles. The summed E-state index contributed by atoms with van der Waals surface area (Å²) in [5.41, 5.74) is 0. The molecule has 0 spiro atoms. The van der Waals surface area contributed by atoms with E-state index in [9.17, 15) is 4.79 Å². The van der Waals surface area contributed by atoms with Crippen LogP contribution in [0.2, 0.25) is 0 Å². The second-order valence-corrected chi connectivity index (χ2v) is 7.61. The van der Waals surface area contributed by atoms with Crippen LogP contribution >= 0.6 is 0 Å². The molecule has 1 aromatic rings. The second-order valence-electron chi connectivity index (χ2n) is 7.61. The Labute approximate surface area is 156 Å². The lowest BCUT2D eigenvalue weighted by atomic mass is 10.2. The highest BCUT2D eigenvalue weighted by molar-refractivity contribution is 5.81. The first-order valence-corrected chi connectivity index (χ1v) is 10.1. The van der Waals surface area contributed by atoms with E-state index in [4.69, 9.17) is 9.52 Å². The Hall–Kier alpha value is -1.37. The summed E-state index contributed by atoms with van der Waals surface area (Å²) in [5.74, 6) is 1.78. The minimum absolute atomic E-state index is 0.00293. The molecule has 2 aliphatic rings. The van der Waals surface area contributed by atoms with E-state index in [1.807, 2.05) is 12.1 Å². The van der Waals surface area contributed by atoms with E-state index in [-0.39, 0.29) is 18.6 Å². The van der Waals surface area contributed by atoms with Gasteiger partial charge in [0.15, 0.2) is 0 Å². The molecule has 2 fully saturated rings. The lowest BCUT2D eigenvalue weighted by Gasteiger charge is -2.31. The Kier molecular flexibility index (Phi) is 7.11. The Balaban J connectivity index is 1.51. The monoisotopic (exact) mass is 363 g/mol. The van der Waals surface area contributed by atoms with Crippen molar-refractivity contribution >= 4 is 5.91 Å². The topological polar surface area (TPSA) is 60.2 Å². The highest BCUT2D eigenvalue weighted by atomic mass is 16.4. The molecule has 3 heterocycles. The van der Waals surface area contributed by atoms with Crippen LogP contribution in [0.5, 0.6) is 0 Å². The van der Waals surface area contributed by atoms with E-state index in [2.05, 4.69) is 21.6 Å². The first-order chi connectivity index (χ1) is 12.7. The zero-order chi connectivity index (χ0) is 18.4. The first kappa shape index (κ1) is 19.4. The molecule has 3 rings (SSSR count). The minimum Gasteiger partial charge on any atom is -0.462 e. The molecule has 0 bridgehead atoms. The van der Waals surface area contributed by atoms with Gasteiger partial charge in [0.05, 0.1) is 12.6 Å². The van der Waals surface area contributed by atoms with Crippen LogP contribution < -0.4 is 0 Å². The van der Waals surface area contributed by atoms with Crippen LogP contribution in [0.3, 0.4) is 0 Å². The van der Waals surface area contributed by atoms with E-state index in [1.54, 1.807) is 0 Å². The standard InChI is InChI=1S/C20H33N3O3/c1-17(22-10-4-2-3-5-11-22)20(25)23-12-6-9-21(13-14-23)15-18-7-8-19(16-24)26-18/h7-8,17,24H,2-6,9-16H2,1H3. The number of aliphatic hydroxyl groups excluding tert-OH is 1. The van der Waals surface area contributed by atoms with Crippen LogP contribution in [0, 0.1) is 0 Å². The van der Waals surface area contributed by atoms with E-state index in [0.717, 1.165) is 58.0 Å². The fraction of sp³-hybridized carbons (Fsp3) is 0.750. The molecular weight excluding hydrogens is 330 g/mol. The van der Waals surface area contributed by atoms with Crippen molar-refractivity contribution < 1.29 is 14.3 Å². The van der Waals surface area contributed by atoms with Gasteiger partial charge in [-0.25, -0.2) is 0 Å². The SMILES string of the molecule is CC(C(=O)N1CCCN(Cc2ccc(CO)o2)CC1)N1CCCCCC1. The molecule has 146 valence electrons. The van der Waals surface area contributed by atoms with Crippen molar-refractivity contribution in [2.24, 2.45) is 0 Å². The van der Waals surface area contributed by atoms with E-state index in [0.29, 0.717) is 5.76 Å². The molecule has 6 nitrogen and oxygen atoms in total. The van der Waals surface area contributed by atoms with Gasteiger partial charge in [0, 0.05) is 26.2 Å². The van der Waals surface area contributed by atoms with Gasteiger partial charge in [0.25, 0.3) is 0 Å². The highest BCUT2D eigenvalue weighted by Gasteiger charge is 2.28. The number of carbonyl (C=O) groups is 1. The van der Waals surface area contributed by atoms with Gasteiger partial charge in [0.1, 0.15) is 18.1 Å². The minimum atomic E-state index is -0.0589. The van der Waals surface area contributed by atoms with Gasteiger partial charge >= 0.3 is 0 Å². The molecule has 6 heteroatoms. The normalized spacial score (nSPS) is 22.0. The Bertz CT molecular complexity index is 566. The maximum atomic E-state index is 13.0. The zero-order valence-corrected chi connectivity index (χ0v) is 16.0. The number of amides is 1. The van der Waals surface area contributed by atoms with Crippen molar-refractivity contribution in [3.05, 3.63) is 23.7 Å². The first-order valence-electron chi connectivity index (χ1n) is 10.1. The molecule has 0 radical (unpaired) electrons. The van der Waals surface area contributed by atoms with Crippen LogP contribution in [0.25, 0.3) is 0 Å². The molecule has 1 N–H and O–H groups in total. The molecule has 1 unspecified atom stereocenters. The van der Waals surface area contributed by atoms with E-state index >= 15 is 0 Å². The maximum absolute atomic E-state index is 13.0. The summed E-state index contributed by atoms with van der Waals surface area (Å²) < 4.78 is 5.60. The maximum Gasteiger partial charge on any atom is 0.239 e. The highest BCUT2D eigenvalue weighted by Crippen LogP contribution is 2.16. The molecule has 0 aromatic carbocycles. The Morgan fingerprint density at radius 3 is 2.42 bits per heavy atom. The fourth-order valence-corrected chi connectivity index (χ4v) is 4.06. The van der Waals surface area contributed by atoms with Gasteiger partial charge in [-0.15, -0.1) is 0 Å². The number of likely N-dealkylation sites (tertiary alicyclic amines) is 1. The molecule has 0 saturated carbocycles. The van der Waals surface area contributed by atoms with Crippen molar-refractivity contribution in [3.63, 3.8) is 0 Å². The van der Waals surface area contributed by atoms with Crippen LogP contribution in [0.1, 0.15) is 50.5 Å². The largest absolute Gasteiger partial charge is 0.462 e. The van der Waals surface area contributed by atoms with Crippen LogP contribution in [-0.4, -0.2) is 71.0 Å². The summed E-state index contributed by atoms with van der Waals surface area (Å²) in [5, 5.41) is 9.12. The summed E-state index contributed by atoms with van der Waals surface area (Å²) in [7, 11) is 0. The van der Waals surface area contributed by atoms with Gasteiger partial charge in [-0.05, 0) is 51.4 Å². The van der Waals surface area contributed by atoms with Crippen molar-refractivity contribution in [2.75, 3.05) is 39.3 Å². The summed E-state index contributed by atoms with van der Waals surface area (Å²) in [4.78, 5) is 19.8.